The molecule has 0 heterocycles. The number of halogens is 4. The zero-order valence-corrected chi connectivity index (χ0v) is 21.7. The molecule has 0 aliphatic carbocycles. The number of benzene rings is 4. The topological polar surface area (TPSA) is 95.5 Å². The molecular weight excluding hydrogens is 553 g/mol. The van der Waals surface area contributed by atoms with Crippen LogP contribution < -0.4 is 10.6 Å². The lowest BCUT2D eigenvalue weighted by Crippen LogP contribution is -2.23. The summed E-state index contributed by atoms with van der Waals surface area (Å²) in [6.07, 6.45) is -4.58. The number of nitrogens with one attached hydrogen (secondary N) is 2. The number of rotatable bonds is 7. The van der Waals surface area contributed by atoms with Crippen LogP contribution >= 0.6 is 23.4 Å². The molecule has 0 aliphatic rings. The number of fused-ring (bicyclic) bond motifs is 1. The van der Waals surface area contributed by atoms with Gasteiger partial charge in [0.25, 0.3) is 5.91 Å². The maximum absolute atomic E-state index is 13.0. The van der Waals surface area contributed by atoms with Gasteiger partial charge in [0.15, 0.2) is 0 Å². The summed E-state index contributed by atoms with van der Waals surface area (Å²) < 4.78 is 39.0. The molecule has 0 bridgehead atoms. The van der Waals surface area contributed by atoms with Crippen molar-refractivity contribution in [2.24, 2.45) is 0 Å². The number of amides is 2. The van der Waals surface area contributed by atoms with Gasteiger partial charge in [0.1, 0.15) is 0 Å². The van der Waals surface area contributed by atoms with Crippen molar-refractivity contribution in [2.75, 3.05) is 10.6 Å². The quantitative estimate of drug-likeness (QED) is 0.198. The van der Waals surface area contributed by atoms with E-state index >= 15 is 0 Å². The Hall–Kier alpha value is -4.02. The second-order valence-electron chi connectivity index (χ2n) is 8.43. The van der Waals surface area contributed by atoms with E-state index in [9.17, 15) is 32.7 Å². The average molecular weight is 573 g/mol. The molecule has 0 aliphatic heterocycles. The van der Waals surface area contributed by atoms with Crippen molar-refractivity contribution >= 4 is 63.3 Å². The molecule has 4 aromatic carbocycles. The molecule has 0 saturated heterocycles. The third-order valence-electron chi connectivity index (χ3n) is 5.73. The summed E-state index contributed by atoms with van der Waals surface area (Å²) in [5, 5.41) is 15.0. The van der Waals surface area contributed by atoms with E-state index in [1.807, 2.05) is 0 Å². The Morgan fingerprint density at radius 1 is 0.897 bits per heavy atom. The predicted octanol–water partition coefficient (Wildman–Crippen LogP) is 7.58. The minimum absolute atomic E-state index is 0.0173. The highest BCUT2D eigenvalue weighted by Gasteiger charge is 2.31. The van der Waals surface area contributed by atoms with Crippen molar-refractivity contribution in [1.82, 2.24) is 0 Å². The van der Waals surface area contributed by atoms with Gasteiger partial charge in [-0.3, -0.25) is 9.59 Å². The van der Waals surface area contributed by atoms with Crippen molar-refractivity contribution < 1.29 is 32.7 Å². The van der Waals surface area contributed by atoms with Crippen LogP contribution in [0.3, 0.4) is 0 Å². The molecule has 4 rings (SSSR count). The summed E-state index contributed by atoms with van der Waals surface area (Å²) in [6.45, 7) is 1.59. The van der Waals surface area contributed by atoms with Gasteiger partial charge in [0.2, 0.25) is 5.91 Å². The van der Waals surface area contributed by atoms with Crippen LogP contribution in [0.15, 0.2) is 83.8 Å². The Morgan fingerprint density at radius 2 is 1.54 bits per heavy atom. The van der Waals surface area contributed by atoms with Gasteiger partial charge in [0.05, 0.1) is 27.1 Å². The summed E-state index contributed by atoms with van der Waals surface area (Å²) in [6, 6.07) is 19.0. The zero-order valence-electron chi connectivity index (χ0n) is 20.2. The standard InChI is InChI=1S/C28H20ClF3N2O4S/c1-15(25(35)34-23-14-17(28(30,31)32)8-13-22(23)29)39-19-11-9-18(10-12-19)33-26(36)20-6-2-4-16-5-3-7-21(24(16)20)27(37)38/h2-15H,1H3,(H,33,36)(H,34,35)(H,37,38). The molecule has 0 saturated carbocycles. The number of carbonyl (C=O) groups is 3. The van der Waals surface area contributed by atoms with E-state index in [4.69, 9.17) is 11.6 Å². The number of hydrogen-bond acceptors (Lipinski definition) is 4. The van der Waals surface area contributed by atoms with Crippen molar-refractivity contribution in [3.8, 4) is 0 Å². The Bertz CT molecular complexity index is 1570. The number of alkyl halides is 3. The SMILES string of the molecule is CC(Sc1ccc(NC(=O)c2cccc3cccc(C(=O)O)c23)cc1)C(=O)Nc1cc(C(F)(F)F)ccc1Cl. The Kier molecular flexibility index (Phi) is 8.17. The van der Waals surface area contributed by atoms with Crippen LogP contribution in [0, 0.1) is 0 Å². The lowest BCUT2D eigenvalue weighted by Gasteiger charge is -2.15. The second kappa shape index (κ2) is 11.4. The predicted molar refractivity (Wildman–Crippen MR) is 146 cm³/mol. The first-order chi connectivity index (χ1) is 18.4. The van der Waals surface area contributed by atoms with Gasteiger partial charge < -0.3 is 15.7 Å². The van der Waals surface area contributed by atoms with Crippen molar-refractivity contribution in [3.05, 3.63) is 101 Å². The van der Waals surface area contributed by atoms with Gasteiger partial charge in [-0.15, -0.1) is 11.8 Å². The van der Waals surface area contributed by atoms with E-state index in [0.717, 1.165) is 30.0 Å². The van der Waals surface area contributed by atoms with Crippen LogP contribution in [0.1, 0.15) is 33.2 Å². The third-order valence-corrected chi connectivity index (χ3v) is 7.17. The fraction of sp³-hybridized carbons (Fsp3) is 0.107. The van der Waals surface area contributed by atoms with E-state index in [-0.39, 0.29) is 21.8 Å². The average Bonchev–Trinajstić information content (AvgIpc) is 2.89. The smallest absolute Gasteiger partial charge is 0.416 e. The highest BCUT2D eigenvalue weighted by atomic mass is 35.5. The molecule has 0 fully saturated rings. The molecule has 4 aromatic rings. The highest BCUT2D eigenvalue weighted by molar-refractivity contribution is 8.00. The van der Waals surface area contributed by atoms with Gasteiger partial charge in [0, 0.05) is 21.5 Å². The summed E-state index contributed by atoms with van der Waals surface area (Å²) >= 11 is 7.12. The summed E-state index contributed by atoms with van der Waals surface area (Å²) in [5.41, 5.74) is -0.391. The molecule has 2 amide bonds. The minimum atomic E-state index is -4.58. The van der Waals surface area contributed by atoms with Crippen LogP contribution in [0.5, 0.6) is 0 Å². The molecular formula is C28H20ClF3N2O4S. The number of aromatic carboxylic acids is 1. The molecule has 0 spiro atoms. The fourth-order valence-corrected chi connectivity index (χ4v) is 4.85. The molecule has 1 atom stereocenters. The molecule has 0 radical (unpaired) electrons. The number of anilines is 2. The zero-order chi connectivity index (χ0) is 28.3. The van der Waals surface area contributed by atoms with Crippen molar-refractivity contribution in [3.63, 3.8) is 0 Å². The number of hydrogen-bond donors (Lipinski definition) is 3. The molecule has 0 aromatic heterocycles. The molecule has 3 N–H and O–H groups in total. The largest absolute Gasteiger partial charge is 0.478 e. The lowest BCUT2D eigenvalue weighted by atomic mass is 9.98. The molecule has 200 valence electrons. The van der Waals surface area contributed by atoms with Gasteiger partial charge in [-0.2, -0.15) is 13.2 Å². The molecule has 39 heavy (non-hydrogen) atoms. The highest BCUT2D eigenvalue weighted by Crippen LogP contribution is 2.34. The van der Waals surface area contributed by atoms with Crippen LogP contribution in [0.2, 0.25) is 5.02 Å². The van der Waals surface area contributed by atoms with Gasteiger partial charge in [-0.05, 0) is 66.9 Å². The van der Waals surface area contributed by atoms with E-state index < -0.39 is 34.8 Å². The summed E-state index contributed by atoms with van der Waals surface area (Å²) in [7, 11) is 0. The number of carbonyl (C=O) groups excluding carboxylic acids is 2. The first-order valence-corrected chi connectivity index (χ1v) is 12.7. The lowest BCUT2D eigenvalue weighted by molar-refractivity contribution is -0.137. The van der Waals surface area contributed by atoms with E-state index in [1.165, 1.54) is 6.07 Å². The summed E-state index contributed by atoms with van der Waals surface area (Å²) in [4.78, 5) is 38.0. The third kappa shape index (κ3) is 6.52. The molecule has 1 unspecified atom stereocenters. The van der Waals surface area contributed by atoms with E-state index in [2.05, 4.69) is 10.6 Å². The minimum Gasteiger partial charge on any atom is -0.478 e. The van der Waals surface area contributed by atoms with E-state index in [1.54, 1.807) is 61.5 Å². The maximum Gasteiger partial charge on any atom is 0.416 e. The molecule has 11 heteroatoms. The number of thioether (sulfide) groups is 1. The normalized spacial score (nSPS) is 12.1. The van der Waals surface area contributed by atoms with Gasteiger partial charge >= 0.3 is 12.1 Å². The van der Waals surface area contributed by atoms with Crippen molar-refractivity contribution in [1.29, 1.82) is 0 Å². The van der Waals surface area contributed by atoms with Crippen LogP contribution in [-0.4, -0.2) is 28.1 Å². The van der Waals surface area contributed by atoms with E-state index in [0.29, 0.717) is 21.4 Å². The van der Waals surface area contributed by atoms with Crippen LogP contribution in [-0.2, 0) is 11.0 Å². The summed E-state index contributed by atoms with van der Waals surface area (Å²) in [5.74, 6) is -2.17. The fourth-order valence-electron chi connectivity index (χ4n) is 3.81. The molecule has 6 nitrogen and oxygen atoms in total. The maximum atomic E-state index is 13.0. The number of carboxylic acid groups (broad SMARTS) is 1. The monoisotopic (exact) mass is 572 g/mol. The second-order valence-corrected chi connectivity index (χ2v) is 10.3. The van der Waals surface area contributed by atoms with Crippen LogP contribution in [0.4, 0.5) is 24.5 Å². The first kappa shape index (κ1) is 28.0. The van der Waals surface area contributed by atoms with Gasteiger partial charge in [-0.1, -0.05) is 35.9 Å². The Balaban J connectivity index is 1.43. The first-order valence-electron chi connectivity index (χ1n) is 11.4. The Morgan fingerprint density at radius 3 is 2.15 bits per heavy atom. The number of carboxylic acids is 1. The van der Waals surface area contributed by atoms with Crippen LogP contribution in [0.25, 0.3) is 10.8 Å². The van der Waals surface area contributed by atoms with Gasteiger partial charge in [-0.25, -0.2) is 4.79 Å². The van der Waals surface area contributed by atoms with Crippen molar-refractivity contribution in [2.45, 2.75) is 23.2 Å². The Labute approximate surface area is 230 Å².